The van der Waals surface area contributed by atoms with Gasteiger partial charge < -0.3 is 19.3 Å². The van der Waals surface area contributed by atoms with Crippen molar-refractivity contribution in [3.05, 3.63) is 53.7 Å². The van der Waals surface area contributed by atoms with Crippen molar-refractivity contribution in [1.82, 2.24) is 15.0 Å². The van der Waals surface area contributed by atoms with Gasteiger partial charge in [-0.1, -0.05) is 30.2 Å². The SMILES string of the molecule is C#Cc1c(F)ccc2cccc(-c3ncc4c(N5C[C@H]6CC[C@@H](C5)O6)nc(N5CCOCC5)nc4c3F)c12. The molecule has 0 saturated carbocycles. The van der Waals surface area contributed by atoms with E-state index in [1.165, 1.54) is 6.07 Å². The Hall–Kier alpha value is -3.87. The average molecular weight is 514 g/mol. The number of rotatable bonds is 3. The lowest BCUT2D eigenvalue weighted by Crippen LogP contribution is -2.43. The molecule has 2 atom stereocenters. The van der Waals surface area contributed by atoms with Crippen molar-refractivity contribution in [1.29, 1.82) is 0 Å². The zero-order valence-electron chi connectivity index (χ0n) is 20.7. The summed E-state index contributed by atoms with van der Waals surface area (Å²) in [5, 5.41) is 1.70. The van der Waals surface area contributed by atoms with Gasteiger partial charge in [0.1, 0.15) is 22.8 Å². The van der Waals surface area contributed by atoms with E-state index in [0.717, 1.165) is 12.8 Å². The molecule has 0 N–H and O–H groups in total. The number of anilines is 2. The maximum atomic E-state index is 16.5. The quantitative estimate of drug-likeness (QED) is 0.379. The van der Waals surface area contributed by atoms with Gasteiger partial charge in [0.15, 0.2) is 5.82 Å². The van der Waals surface area contributed by atoms with Crippen LogP contribution in [0.15, 0.2) is 36.5 Å². The number of nitrogens with zero attached hydrogens (tertiary/aromatic N) is 5. The molecule has 3 aliphatic rings. The second-order valence-electron chi connectivity index (χ2n) is 9.96. The van der Waals surface area contributed by atoms with Gasteiger partial charge in [-0.2, -0.15) is 4.98 Å². The lowest BCUT2D eigenvalue weighted by Gasteiger charge is -2.34. The Labute approximate surface area is 218 Å². The summed E-state index contributed by atoms with van der Waals surface area (Å²) in [5.41, 5.74) is 0.758. The van der Waals surface area contributed by atoms with Gasteiger partial charge >= 0.3 is 0 Å². The molecular formula is C29H25F2N5O2. The first kappa shape index (κ1) is 23.3. The number of terminal acetylenes is 1. The number of halogens is 2. The summed E-state index contributed by atoms with van der Waals surface area (Å²) in [5.74, 6) is 2.43. The standard InChI is InChI=1S/C29H25F2N5O2/c1-2-20-23(30)9-6-17-4-3-5-21(24(17)20)26-25(31)27-22(14-32-26)28(36-15-18-7-8-19(16-36)38-18)34-29(33-27)35-10-12-37-13-11-35/h1,3-6,9,14,18-19H,7-8,10-13,15-16H2/t18-,19+. The monoisotopic (exact) mass is 513 g/mol. The van der Waals surface area contributed by atoms with Crippen molar-refractivity contribution >= 4 is 33.4 Å². The Morgan fingerprint density at radius 1 is 0.974 bits per heavy atom. The molecule has 0 spiro atoms. The normalized spacial score (nSPS) is 21.3. The largest absolute Gasteiger partial charge is 0.378 e. The fraction of sp³-hybridized carbons (Fsp3) is 0.345. The van der Waals surface area contributed by atoms with E-state index < -0.39 is 11.6 Å². The van der Waals surface area contributed by atoms with Crippen molar-refractivity contribution < 1.29 is 18.3 Å². The number of aromatic nitrogens is 3. The minimum absolute atomic E-state index is 0.0739. The van der Waals surface area contributed by atoms with Gasteiger partial charge in [0, 0.05) is 43.3 Å². The van der Waals surface area contributed by atoms with Crippen molar-refractivity contribution in [2.24, 2.45) is 0 Å². The highest BCUT2D eigenvalue weighted by Gasteiger charge is 2.36. The molecule has 0 amide bonds. The molecule has 5 heterocycles. The van der Waals surface area contributed by atoms with Crippen LogP contribution in [0.5, 0.6) is 0 Å². The van der Waals surface area contributed by atoms with E-state index >= 15 is 4.39 Å². The molecule has 0 unspecified atom stereocenters. The first-order valence-corrected chi connectivity index (χ1v) is 12.9. The number of benzene rings is 2. The molecule has 0 radical (unpaired) electrons. The molecule has 192 valence electrons. The first-order chi connectivity index (χ1) is 18.6. The molecule has 0 aliphatic carbocycles. The molecule has 9 heteroatoms. The Bertz CT molecular complexity index is 1600. The van der Waals surface area contributed by atoms with Gasteiger partial charge in [0.25, 0.3) is 0 Å². The third kappa shape index (κ3) is 3.75. The molecule has 2 bridgehead atoms. The van der Waals surface area contributed by atoms with Crippen LogP contribution in [0, 0.1) is 24.0 Å². The van der Waals surface area contributed by atoms with Crippen LogP contribution in [0.1, 0.15) is 18.4 Å². The highest BCUT2D eigenvalue weighted by atomic mass is 19.1. The van der Waals surface area contributed by atoms with Gasteiger partial charge in [0.2, 0.25) is 5.95 Å². The van der Waals surface area contributed by atoms with E-state index in [0.29, 0.717) is 72.9 Å². The number of morpholine rings is 2. The van der Waals surface area contributed by atoms with Gasteiger partial charge in [0.05, 0.1) is 36.4 Å². The molecule has 2 aromatic heterocycles. The maximum Gasteiger partial charge on any atom is 0.228 e. The van der Waals surface area contributed by atoms with Crippen molar-refractivity contribution in [3.63, 3.8) is 0 Å². The zero-order chi connectivity index (χ0) is 25.8. The third-order valence-corrected chi connectivity index (χ3v) is 7.68. The Balaban J connectivity index is 1.44. The fourth-order valence-electron chi connectivity index (χ4n) is 5.84. The minimum Gasteiger partial charge on any atom is -0.378 e. The zero-order valence-corrected chi connectivity index (χ0v) is 20.7. The van der Waals surface area contributed by atoms with E-state index in [-0.39, 0.29) is 29.0 Å². The minimum atomic E-state index is -0.586. The molecule has 3 aliphatic heterocycles. The van der Waals surface area contributed by atoms with Gasteiger partial charge in [-0.25, -0.2) is 13.8 Å². The highest BCUT2D eigenvalue weighted by molar-refractivity contribution is 6.02. The predicted octanol–water partition coefficient (Wildman–Crippen LogP) is 4.31. The molecule has 3 fully saturated rings. The molecule has 38 heavy (non-hydrogen) atoms. The molecule has 7 rings (SSSR count). The summed E-state index contributed by atoms with van der Waals surface area (Å²) in [7, 11) is 0. The number of ether oxygens (including phenoxy) is 2. The summed E-state index contributed by atoms with van der Waals surface area (Å²) in [6.07, 6.45) is 9.57. The maximum absolute atomic E-state index is 16.5. The molecule has 4 aromatic rings. The molecule has 3 saturated heterocycles. The fourth-order valence-corrected chi connectivity index (χ4v) is 5.84. The Morgan fingerprint density at radius 2 is 1.76 bits per heavy atom. The Kier molecular flexibility index (Phi) is 5.60. The third-order valence-electron chi connectivity index (χ3n) is 7.68. The van der Waals surface area contributed by atoms with Crippen molar-refractivity contribution in [2.75, 3.05) is 49.2 Å². The molecule has 2 aromatic carbocycles. The number of pyridine rings is 1. The highest BCUT2D eigenvalue weighted by Crippen LogP contribution is 2.38. The number of hydrogen-bond donors (Lipinski definition) is 0. The van der Waals surface area contributed by atoms with Gasteiger partial charge in [-0.15, -0.1) is 6.42 Å². The summed E-state index contributed by atoms with van der Waals surface area (Å²) in [6, 6.07) is 8.29. The topological polar surface area (TPSA) is 63.6 Å². The van der Waals surface area contributed by atoms with E-state index in [4.69, 9.17) is 25.9 Å². The van der Waals surface area contributed by atoms with Crippen LogP contribution in [0.25, 0.3) is 32.9 Å². The lowest BCUT2D eigenvalue weighted by molar-refractivity contribution is 0.0303. The van der Waals surface area contributed by atoms with Gasteiger partial charge in [-0.05, 0) is 24.3 Å². The van der Waals surface area contributed by atoms with Gasteiger partial charge in [-0.3, -0.25) is 4.98 Å². The van der Waals surface area contributed by atoms with Crippen LogP contribution in [0.4, 0.5) is 20.5 Å². The summed E-state index contributed by atoms with van der Waals surface area (Å²) < 4.78 is 42.7. The molecule has 7 nitrogen and oxygen atoms in total. The smallest absolute Gasteiger partial charge is 0.228 e. The van der Waals surface area contributed by atoms with Crippen molar-refractivity contribution in [3.8, 4) is 23.6 Å². The van der Waals surface area contributed by atoms with E-state index in [1.54, 1.807) is 24.4 Å². The predicted molar refractivity (Wildman–Crippen MR) is 141 cm³/mol. The first-order valence-electron chi connectivity index (χ1n) is 12.9. The summed E-state index contributed by atoms with van der Waals surface area (Å²) in [6.45, 7) is 3.71. The number of fused-ring (bicyclic) bond motifs is 4. The number of hydrogen-bond acceptors (Lipinski definition) is 7. The lowest BCUT2D eigenvalue weighted by atomic mass is 9.96. The van der Waals surface area contributed by atoms with E-state index in [2.05, 4.69) is 15.8 Å². The summed E-state index contributed by atoms with van der Waals surface area (Å²) >= 11 is 0. The second kappa shape index (κ2) is 9.15. The van der Waals surface area contributed by atoms with E-state index in [9.17, 15) is 4.39 Å². The Morgan fingerprint density at radius 3 is 2.53 bits per heavy atom. The second-order valence-corrected chi connectivity index (χ2v) is 9.96. The van der Waals surface area contributed by atoms with Crippen molar-refractivity contribution in [2.45, 2.75) is 25.0 Å². The van der Waals surface area contributed by atoms with E-state index in [1.807, 2.05) is 11.0 Å². The van der Waals surface area contributed by atoms with Crippen LogP contribution in [-0.2, 0) is 9.47 Å². The van der Waals surface area contributed by atoms with Crippen LogP contribution >= 0.6 is 0 Å². The van der Waals surface area contributed by atoms with Crippen LogP contribution < -0.4 is 9.80 Å². The average Bonchev–Trinajstić information content (AvgIpc) is 3.30. The van der Waals surface area contributed by atoms with Crippen LogP contribution in [-0.4, -0.2) is 66.6 Å². The van der Waals surface area contributed by atoms with Crippen LogP contribution in [0.2, 0.25) is 0 Å². The molecular weight excluding hydrogens is 488 g/mol. The van der Waals surface area contributed by atoms with Crippen LogP contribution in [0.3, 0.4) is 0 Å². The summed E-state index contributed by atoms with van der Waals surface area (Å²) in [4.78, 5) is 18.4.